The Morgan fingerprint density at radius 2 is 1.83 bits per heavy atom. The normalized spacial score (nSPS) is 14.0. The monoisotopic (exact) mass is 480 g/mol. The first-order valence-electron chi connectivity index (χ1n) is 12.6. The molecule has 0 aliphatic carbocycles. The van der Waals surface area contributed by atoms with Gasteiger partial charge in [-0.3, -0.25) is 4.79 Å². The van der Waals surface area contributed by atoms with E-state index < -0.39 is 0 Å². The minimum absolute atomic E-state index is 0.107. The quantitative estimate of drug-likeness (QED) is 0.415. The average molecular weight is 481 g/mol. The molecule has 0 spiro atoms. The zero-order valence-corrected chi connectivity index (χ0v) is 21.0. The molecule has 1 fully saturated rings. The van der Waals surface area contributed by atoms with Gasteiger partial charge in [0.2, 0.25) is 11.9 Å². The Balaban J connectivity index is 1.44. The maximum atomic E-state index is 11.3. The number of benzene rings is 1. The fourth-order valence-corrected chi connectivity index (χ4v) is 4.15. The van der Waals surface area contributed by atoms with E-state index in [2.05, 4.69) is 33.6 Å². The van der Waals surface area contributed by atoms with E-state index in [0.717, 1.165) is 72.9 Å². The Hall–Kier alpha value is -3.20. The van der Waals surface area contributed by atoms with Crippen molar-refractivity contribution < 1.29 is 14.3 Å². The van der Waals surface area contributed by atoms with Gasteiger partial charge >= 0.3 is 0 Å². The first-order valence-corrected chi connectivity index (χ1v) is 12.6. The van der Waals surface area contributed by atoms with Gasteiger partial charge in [-0.05, 0) is 51.0 Å². The smallest absolute Gasteiger partial charge is 0.228 e. The van der Waals surface area contributed by atoms with E-state index in [1.165, 1.54) is 0 Å². The summed E-state index contributed by atoms with van der Waals surface area (Å²) in [6, 6.07) is 8.31. The van der Waals surface area contributed by atoms with Crippen molar-refractivity contribution >= 4 is 23.0 Å². The van der Waals surface area contributed by atoms with Gasteiger partial charge in [-0.15, -0.1) is 0 Å². The summed E-state index contributed by atoms with van der Waals surface area (Å²) in [5, 5.41) is 2.66. The molecule has 0 saturated carbocycles. The number of nitrogens with zero attached hydrogens (tertiary/aromatic N) is 5. The van der Waals surface area contributed by atoms with Crippen LogP contribution in [0.25, 0.3) is 22.4 Å². The van der Waals surface area contributed by atoms with Crippen molar-refractivity contribution in [3.8, 4) is 17.0 Å². The Morgan fingerprint density at radius 3 is 2.54 bits per heavy atom. The minimum atomic E-state index is 0.107. The van der Waals surface area contributed by atoms with Gasteiger partial charge in [0.15, 0.2) is 5.65 Å². The van der Waals surface area contributed by atoms with E-state index in [1.54, 1.807) is 7.05 Å². The number of unbranched alkanes of at least 4 members (excludes halogenated alkanes) is 3. The van der Waals surface area contributed by atoms with Crippen LogP contribution < -0.4 is 15.0 Å². The Kier molecular flexibility index (Phi) is 8.52. The topological polar surface area (TPSA) is 94.4 Å². The van der Waals surface area contributed by atoms with Gasteiger partial charge in [0, 0.05) is 38.2 Å². The fraction of sp³-hybridized carbons (Fsp3) is 0.538. The number of imidazole rings is 1. The molecule has 3 aromatic rings. The van der Waals surface area contributed by atoms with E-state index in [-0.39, 0.29) is 11.9 Å². The molecule has 0 unspecified atom stereocenters. The van der Waals surface area contributed by atoms with E-state index in [4.69, 9.17) is 19.4 Å². The number of carbonyl (C=O) groups is 1. The van der Waals surface area contributed by atoms with Crippen LogP contribution >= 0.6 is 0 Å². The minimum Gasteiger partial charge on any atom is -0.494 e. The van der Waals surface area contributed by atoms with E-state index >= 15 is 0 Å². The number of nitrogens with one attached hydrogen (secondary N) is 1. The third kappa shape index (κ3) is 6.28. The maximum absolute atomic E-state index is 11.3. The van der Waals surface area contributed by atoms with Gasteiger partial charge in [-0.2, -0.15) is 4.98 Å². The SMILES string of the molecule is CNC(=O)CCCCCCOc1ccc(-c2nc(N3CCOCC3)nc3c2ncn3C(C)C)cc1. The Labute approximate surface area is 206 Å². The lowest BCUT2D eigenvalue weighted by molar-refractivity contribution is -0.120. The van der Waals surface area contributed by atoms with Crippen molar-refractivity contribution in [1.82, 2.24) is 24.8 Å². The zero-order valence-electron chi connectivity index (χ0n) is 21.0. The molecule has 0 atom stereocenters. The number of morpholine rings is 1. The third-order valence-electron chi connectivity index (χ3n) is 6.23. The van der Waals surface area contributed by atoms with Crippen LogP contribution in [0.4, 0.5) is 5.95 Å². The number of hydrogen-bond donors (Lipinski definition) is 1. The highest BCUT2D eigenvalue weighted by Gasteiger charge is 2.20. The number of fused-ring (bicyclic) bond motifs is 1. The van der Waals surface area contributed by atoms with Crippen molar-refractivity contribution in [3.63, 3.8) is 0 Å². The molecule has 188 valence electrons. The highest BCUT2D eigenvalue weighted by Crippen LogP contribution is 2.30. The van der Waals surface area contributed by atoms with Crippen LogP contribution in [0.2, 0.25) is 0 Å². The second-order valence-corrected chi connectivity index (χ2v) is 9.10. The van der Waals surface area contributed by atoms with Crippen LogP contribution in [0.15, 0.2) is 30.6 Å². The Morgan fingerprint density at radius 1 is 1.09 bits per heavy atom. The van der Waals surface area contributed by atoms with Crippen LogP contribution in [0.1, 0.15) is 52.0 Å². The molecular formula is C26H36N6O3. The van der Waals surface area contributed by atoms with Gasteiger partial charge in [0.1, 0.15) is 17.0 Å². The van der Waals surface area contributed by atoms with Crippen LogP contribution in [0, 0.1) is 0 Å². The molecule has 2 aromatic heterocycles. The Bertz CT molecular complexity index is 1110. The van der Waals surface area contributed by atoms with Gasteiger partial charge in [-0.25, -0.2) is 9.97 Å². The number of carbonyl (C=O) groups excluding carboxylic acids is 1. The highest BCUT2D eigenvalue weighted by molar-refractivity contribution is 5.88. The van der Waals surface area contributed by atoms with Crippen molar-refractivity contribution in [2.24, 2.45) is 0 Å². The standard InChI is InChI=1S/C26H36N6O3/c1-19(2)32-18-28-24-23(29-26(30-25(24)32)31-13-16-34-17-14-31)20-9-11-21(12-10-20)35-15-7-5-4-6-8-22(33)27-3/h9-12,18-19H,4-8,13-17H2,1-3H3,(H,27,33). The lowest BCUT2D eigenvalue weighted by Crippen LogP contribution is -2.37. The maximum Gasteiger partial charge on any atom is 0.228 e. The van der Waals surface area contributed by atoms with Crippen LogP contribution in [0.5, 0.6) is 5.75 Å². The summed E-state index contributed by atoms with van der Waals surface area (Å²) in [5.41, 5.74) is 3.48. The summed E-state index contributed by atoms with van der Waals surface area (Å²) < 4.78 is 13.5. The zero-order chi connectivity index (χ0) is 24.6. The van der Waals surface area contributed by atoms with E-state index in [0.29, 0.717) is 26.2 Å². The summed E-state index contributed by atoms with van der Waals surface area (Å²) in [4.78, 5) is 27.9. The first kappa shape index (κ1) is 24.9. The summed E-state index contributed by atoms with van der Waals surface area (Å²) in [6.45, 7) is 7.84. The van der Waals surface area contributed by atoms with E-state index in [1.807, 2.05) is 30.6 Å². The number of aromatic nitrogens is 4. The molecule has 1 saturated heterocycles. The van der Waals surface area contributed by atoms with Crippen molar-refractivity contribution in [1.29, 1.82) is 0 Å². The number of hydrogen-bond acceptors (Lipinski definition) is 7. The molecule has 9 heteroatoms. The largest absolute Gasteiger partial charge is 0.494 e. The molecule has 35 heavy (non-hydrogen) atoms. The predicted molar refractivity (Wildman–Crippen MR) is 137 cm³/mol. The first-order chi connectivity index (χ1) is 17.1. The summed E-state index contributed by atoms with van der Waals surface area (Å²) in [5.74, 6) is 1.66. The number of rotatable bonds is 11. The van der Waals surface area contributed by atoms with Crippen LogP contribution in [-0.4, -0.2) is 65.4 Å². The van der Waals surface area contributed by atoms with Crippen molar-refractivity contribution in [3.05, 3.63) is 30.6 Å². The molecule has 1 aliphatic heterocycles. The highest BCUT2D eigenvalue weighted by atomic mass is 16.5. The predicted octanol–water partition coefficient (Wildman–Crippen LogP) is 3.99. The lowest BCUT2D eigenvalue weighted by atomic mass is 10.1. The lowest BCUT2D eigenvalue weighted by Gasteiger charge is -2.27. The van der Waals surface area contributed by atoms with E-state index in [9.17, 15) is 4.79 Å². The molecule has 1 aromatic carbocycles. The summed E-state index contributed by atoms with van der Waals surface area (Å²) in [6.07, 6.45) is 6.42. The molecule has 3 heterocycles. The molecule has 0 bridgehead atoms. The second-order valence-electron chi connectivity index (χ2n) is 9.10. The van der Waals surface area contributed by atoms with Gasteiger partial charge in [-0.1, -0.05) is 12.8 Å². The summed E-state index contributed by atoms with van der Waals surface area (Å²) in [7, 11) is 1.68. The van der Waals surface area contributed by atoms with Crippen LogP contribution in [-0.2, 0) is 9.53 Å². The summed E-state index contributed by atoms with van der Waals surface area (Å²) >= 11 is 0. The van der Waals surface area contributed by atoms with Crippen molar-refractivity contribution in [2.45, 2.75) is 52.0 Å². The number of ether oxygens (including phenoxy) is 2. The number of amides is 1. The fourth-order valence-electron chi connectivity index (χ4n) is 4.15. The molecule has 0 radical (unpaired) electrons. The third-order valence-corrected chi connectivity index (χ3v) is 6.23. The molecule has 4 rings (SSSR count). The average Bonchev–Trinajstić information content (AvgIpc) is 3.33. The van der Waals surface area contributed by atoms with Crippen LogP contribution in [0.3, 0.4) is 0 Å². The molecule has 1 N–H and O–H groups in total. The van der Waals surface area contributed by atoms with Gasteiger partial charge < -0.3 is 24.3 Å². The van der Waals surface area contributed by atoms with Gasteiger partial charge in [0.05, 0.1) is 26.1 Å². The van der Waals surface area contributed by atoms with Crippen molar-refractivity contribution in [2.75, 3.05) is 44.9 Å². The molecule has 9 nitrogen and oxygen atoms in total. The number of anilines is 1. The molecule has 1 amide bonds. The van der Waals surface area contributed by atoms with Gasteiger partial charge in [0.25, 0.3) is 0 Å². The molecular weight excluding hydrogens is 444 g/mol. The second kappa shape index (κ2) is 12.0. The molecule has 1 aliphatic rings.